The summed E-state index contributed by atoms with van der Waals surface area (Å²) in [7, 11) is 0. The average Bonchev–Trinajstić information content (AvgIpc) is 2.88. The van der Waals surface area contributed by atoms with Crippen LogP contribution in [0.1, 0.15) is 31.7 Å². The molecule has 1 atom stereocenters. The molecule has 21 heavy (non-hydrogen) atoms. The summed E-state index contributed by atoms with van der Waals surface area (Å²) in [6.45, 7) is 7.40. The van der Waals surface area contributed by atoms with E-state index < -0.39 is 0 Å². The molecule has 0 amide bonds. The molecule has 0 radical (unpaired) electrons. The standard InChI is InChI=1S/C16H20BrNO2S/c1-4-19-12-6-7-15(20-5-2)14(10-12)18-11(3)16-13(17)8-9-21-16/h6-11,18H,4-5H2,1-3H3. The van der Waals surface area contributed by atoms with Crippen LogP contribution in [-0.4, -0.2) is 13.2 Å². The maximum atomic E-state index is 5.69. The van der Waals surface area contributed by atoms with Gasteiger partial charge >= 0.3 is 0 Å². The lowest BCUT2D eigenvalue weighted by Gasteiger charge is -2.18. The van der Waals surface area contributed by atoms with E-state index in [1.165, 1.54) is 4.88 Å². The molecule has 1 aromatic heterocycles. The van der Waals surface area contributed by atoms with E-state index in [9.17, 15) is 0 Å². The van der Waals surface area contributed by atoms with Crippen molar-refractivity contribution in [1.29, 1.82) is 0 Å². The summed E-state index contributed by atoms with van der Waals surface area (Å²) in [5, 5.41) is 5.59. The first-order chi connectivity index (χ1) is 10.2. The van der Waals surface area contributed by atoms with Gasteiger partial charge in [0, 0.05) is 15.4 Å². The van der Waals surface area contributed by atoms with Crippen LogP contribution < -0.4 is 14.8 Å². The molecule has 0 fully saturated rings. The van der Waals surface area contributed by atoms with Crippen LogP contribution in [0.15, 0.2) is 34.1 Å². The molecule has 0 spiro atoms. The molecule has 0 saturated carbocycles. The molecular weight excluding hydrogens is 350 g/mol. The summed E-state index contributed by atoms with van der Waals surface area (Å²) in [6, 6.07) is 8.14. The predicted octanol–water partition coefficient (Wildman–Crippen LogP) is 5.48. The SMILES string of the molecule is CCOc1ccc(OCC)c(NC(C)c2sccc2Br)c1. The van der Waals surface area contributed by atoms with Crippen molar-refractivity contribution in [1.82, 2.24) is 0 Å². The summed E-state index contributed by atoms with van der Waals surface area (Å²) < 4.78 is 12.4. The molecule has 0 saturated heterocycles. The first-order valence-corrected chi connectivity index (χ1v) is 8.72. The minimum Gasteiger partial charge on any atom is -0.494 e. The van der Waals surface area contributed by atoms with Crippen molar-refractivity contribution in [3.8, 4) is 11.5 Å². The molecule has 114 valence electrons. The van der Waals surface area contributed by atoms with Gasteiger partial charge in [-0.2, -0.15) is 0 Å². The monoisotopic (exact) mass is 369 g/mol. The molecule has 2 rings (SSSR count). The van der Waals surface area contributed by atoms with Crippen molar-refractivity contribution in [3.63, 3.8) is 0 Å². The second-order valence-corrected chi connectivity index (χ2v) is 6.32. The number of ether oxygens (including phenoxy) is 2. The number of halogens is 1. The van der Waals surface area contributed by atoms with Crippen molar-refractivity contribution in [2.75, 3.05) is 18.5 Å². The van der Waals surface area contributed by atoms with Crippen LogP contribution in [0.2, 0.25) is 0 Å². The van der Waals surface area contributed by atoms with Gasteiger partial charge in [-0.1, -0.05) is 0 Å². The molecule has 0 aliphatic heterocycles. The highest BCUT2D eigenvalue weighted by Crippen LogP contribution is 2.35. The van der Waals surface area contributed by atoms with E-state index in [-0.39, 0.29) is 6.04 Å². The molecule has 0 aliphatic carbocycles. The van der Waals surface area contributed by atoms with Gasteiger partial charge < -0.3 is 14.8 Å². The molecule has 3 nitrogen and oxygen atoms in total. The molecule has 5 heteroatoms. The third kappa shape index (κ3) is 4.14. The number of anilines is 1. The van der Waals surface area contributed by atoms with Crippen molar-refractivity contribution in [3.05, 3.63) is 39.0 Å². The Hall–Kier alpha value is -1.20. The van der Waals surface area contributed by atoms with Crippen LogP contribution >= 0.6 is 27.3 Å². The average molecular weight is 370 g/mol. The fourth-order valence-electron chi connectivity index (χ4n) is 2.07. The van der Waals surface area contributed by atoms with Crippen LogP contribution in [0.4, 0.5) is 5.69 Å². The normalized spacial score (nSPS) is 12.0. The van der Waals surface area contributed by atoms with E-state index in [1.54, 1.807) is 11.3 Å². The summed E-state index contributed by atoms with van der Waals surface area (Å²) >= 11 is 5.31. The summed E-state index contributed by atoms with van der Waals surface area (Å²) in [5.74, 6) is 1.70. The Morgan fingerprint density at radius 2 is 1.95 bits per heavy atom. The number of benzene rings is 1. The Morgan fingerprint density at radius 3 is 2.57 bits per heavy atom. The van der Waals surface area contributed by atoms with Gasteiger partial charge in [0.05, 0.1) is 24.9 Å². The van der Waals surface area contributed by atoms with Crippen LogP contribution in [0.25, 0.3) is 0 Å². The summed E-state index contributed by atoms with van der Waals surface area (Å²) in [5.41, 5.74) is 0.954. The zero-order chi connectivity index (χ0) is 15.2. The van der Waals surface area contributed by atoms with Crippen molar-refractivity contribution in [2.24, 2.45) is 0 Å². The Balaban J connectivity index is 2.23. The van der Waals surface area contributed by atoms with Crippen molar-refractivity contribution >= 4 is 33.0 Å². The highest BCUT2D eigenvalue weighted by Gasteiger charge is 2.14. The molecule has 1 aromatic carbocycles. The lowest BCUT2D eigenvalue weighted by molar-refractivity contribution is 0.331. The molecular formula is C16H20BrNO2S. The highest BCUT2D eigenvalue weighted by atomic mass is 79.9. The summed E-state index contributed by atoms with van der Waals surface area (Å²) in [6.07, 6.45) is 0. The Morgan fingerprint density at radius 1 is 1.19 bits per heavy atom. The third-order valence-corrected chi connectivity index (χ3v) is 5.03. The first kappa shape index (κ1) is 16.2. The van der Waals surface area contributed by atoms with Gasteiger partial charge in [0.15, 0.2) is 0 Å². The lowest BCUT2D eigenvalue weighted by Crippen LogP contribution is -2.08. The van der Waals surface area contributed by atoms with Gasteiger partial charge in [-0.3, -0.25) is 0 Å². The molecule has 0 aliphatic rings. The maximum absolute atomic E-state index is 5.69. The van der Waals surface area contributed by atoms with Crippen molar-refractivity contribution < 1.29 is 9.47 Å². The molecule has 1 N–H and O–H groups in total. The Kier molecular flexibility index (Phi) is 5.94. The van der Waals surface area contributed by atoms with E-state index >= 15 is 0 Å². The lowest BCUT2D eigenvalue weighted by atomic mass is 10.2. The van der Waals surface area contributed by atoms with E-state index in [0.29, 0.717) is 13.2 Å². The Labute approximate surface area is 138 Å². The van der Waals surface area contributed by atoms with Gasteiger partial charge in [0.25, 0.3) is 0 Å². The highest BCUT2D eigenvalue weighted by molar-refractivity contribution is 9.10. The zero-order valence-corrected chi connectivity index (χ0v) is 14.9. The quantitative estimate of drug-likeness (QED) is 0.700. The topological polar surface area (TPSA) is 30.5 Å². The largest absolute Gasteiger partial charge is 0.494 e. The summed E-state index contributed by atoms with van der Waals surface area (Å²) in [4.78, 5) is 1.26. The van der Waals surface area contributed by atoms with Gasteiger partial charge in [-0.05, 0) is 60.3 Å². The zero-order valence-electron chi connectivity index (χ0n) is 12.5. The minimum absolute atomic E-state index is 0.190. The third-order valence-electron chi connectivity index (χ3n) is 2.97. The number of rotatable bonds is 7. The number of hydrogen-bond donors (Lipinski definition) is 1. The number of thiophene rings is 1. The van der Waals surface area contributed by atoms with Crippen LogP contribution in [0.5, 0.6) is 11.5 Å². The fraction of sp³-hybridized carbons (Fsp3) is 0.375. The minimum atomic E-state index is 0.190. The van der Waals surface area contributed by atoms with E-state index in [0.717, 1.165) is 21.7 Å². The van der Waals surface area contributed by atoms with Crippen LogP contribution in [0, 0.1) is 0 Å². The van der Waals surface area contributed by atoms with Gasteiger partial charge in [-0.15, -0.1) is 11.3 Å². The fourth-order valence-corrected chi connectivity index (χ4v) is 3.80. The van der Waals surface area contributed by atoms with Gasteiger partial charge in [0.2, 0.25) is 0 Å². The second kappa shape index (κ2) is 7.71. The second-order valence-electron chi connectivity index (χ2n) is 4.52. The van der Waals surface area contributed by atoms with Gasteiger partial charge in [-0.25, -0.2) is 0 Å². The Bertz CT molecular complexity index is 585. The van der Waals surface area contributed by atoms with Gasteiger partial charge in [0.1, 0.15) is 11.5 Å². The van der Waals surface area contributed by atoms with Crippen LogP contribution in [0.3, 0.4) is 0 Å². The molecule has 0 bridgehead atoms. The van der Waals surface area contributed by atoms with Crippen LogP contribution in [-0.2, 0) is 0 Å². The van der Waals surface area contributed by atoms with E-state index in [1.807, 2.05) is 32.0 Å². The smallest absolute Gasteiger partial charge is 0.142 e. The maximum Gasteiger partial charge on any atom is 0.142 e. The van der Waals surface area contributed by atoms with E-state index in [2.05, 4.69) is 39.6 Å². The molecule has 1 heterocycles. The predicted molar refractivity (Wildman–Crippen MR) is 92.8 cm³/mol. The number of hydrogen-bond acceptors (Lipinski definition) is 4. The molecule has 2 aromatic rings. The van der Waals surface area contributed by atoms with Crippen molar-refractivity contribution in [2.45, 2.75) is 26.8 Å². The van der Waals surface area contributed by atoms with E-state index in [4.69, 9.17) is 9.47 Å². The number of nitrogens with one attached hydrogen (secondary N) is 1. The first-order valence-electron chi connectivity index (χ1n) is 7.04. The molecule has 1 unspecified atom stereocenters.